The number of benzene rings is 1. The second-order valence-corrected chi connectivity index (χ2v) is 5.19. The van der Waals surface area contributed by atoms with Crippen LogP contribution in [-0.2, 0) is 7.05 Å². The fourth-order valence-electron chi connectivity index (χ4n) is 2.09. The largest absolute Gasteiger partial charge is 0.484 e. The lowest BCUT2D eigenvalue weighted by atomic mass is 10.1. The Kier molecular flexibility index (Phi) is 4.35. The number of nitriles is 1. The predicted octanol–water partition coefficient (Wildman–Crippen LogP) is 3.43. The Hall–Kier alpha value is -2.25. The highest BCUT2D eigenvalue weighted by molar-refractivity contribution is 6.31. The summed E-state index contributed by atoms with van der Waals surface area (Å²) >= 11 is 5.92. The van der Waals surface area contributed by atoms with E-state index < -0.39 is 0 Å². The van der Waals surface area contributed by atoms with Gasteiger partial charge in [-0.3, -0.25) is 4.79 Å². The van der Waals surface area contributed by atoms with Crippen molar-refractivity contribution in [2.24, 2.45) is 7.05 Å². The molecule has 0 saturated heterocycles. The van der Waals surface area contributed by atoms with Crippen molar-refractivity contribution in [2.75, 3.05) is 6.61 Å². The molecule has 0 unspecified atom stereocenters. The van der Waals surface area contributed by atoms with E-state index in [1.807, 2.05) is 37.6 Å². The number of ether oxygens (including phenoxy) is 1. The third-order valence-electron chi connectivity index (χ3n) is 3.52. The van der Waals surface area contributed by atoms with Gasteiger partial charge in [0.15, 0.2) is 6.61 Å². The summed E-state index contributed by atoms with van der Waals surface area (Å²) in [5.41, 5.74) is 2.78. The molecule has 5 heteroatoms. The molecule has 1 aromatic heterocycles. The average Bonchev–Trinajstić information content (AvgIpc) is 2.72. The SMILES string of the molecule is Cc1cc(C(=O)COc2cccc(Cl)c2C#N)c(C)n1C. The number of rotatable bonds is 4. The molecule has 0 N–H and O–H groups in total. The third kappa shape index (κ3) is 2.93. The predicted molar refractivity (Wildman–Crippen MR) is 80.9 cm³/mol. The van der Waals surface area contributed by atoms with Crippen LogP contribution < -0.4 is 4.74 Å². The number of hydrogen-bond donors (Lipinski definition) is 0. The van der Waals surface area contributed by atoms with Gasteiger partial charge in [-0.2, -0.15) is 5.26 Å². The van der Waals surface area contributed by atoms with Crippen LogP contribution in [0.2, 0.25) is 5.02 Å². The smallest absolute Gasteiger partial charge is 0.202 e. The summed E-state index contributed by atoms with van der Waals surface area (Å²) in [5.74, 6) is 0.198. The number of aromatic nitrogens is 1. The van der Waals surface area contributed by atoms with Crippen molar-refractivity contribution in [1.82, 2.24) is 4.57 Å². The molecule has 0 aliphatic heterocycles. The molecule has 2 aromatic rings. The fraction of sp³-hybridized carbons (Fsp3) is 0.250. The van der Waals surface area contributed by atoms with Crippen LogP contribution in [0.15, 0.2) is 24.3 Å². The maximum Gasteiger partial charge on any atom is 0.202 e. The Labute approximate surface area is 128 Å². The molecule has 1 heterocycles. The molecule has 21 heavy (non-hydrogen) atoms. The highest BCUT2D eigenvalue weighted by atomic mass is 35.5. The molecule has 1 aromatic carbocycles. The van der Waals surface area contributed by atoms with Gasteiger partial charge in [0.2, 0.25) is 5.78 Å². The quantitative estimate of drug-likeness (QED) is 0.813. The number of aryl methyl sites for hydroxylation is 1. The molecular formula is C16H15ClN2O2. The summed E-state index contributed by atoms with van der Waals surface area (Å²) in [6.07, 6.45) is 0. The van der Waals surface area contributed by atoms with Gasteiger partial charge >= 0.3 is 0 Å². The Morgan fingerprint density at radius 3 is 2.71 bits per heavy atom. The molecule has 0 saturated carbocycles. The van der Waals surface area contributed by atoms with E-state index in [1.54, 1.807) is 18.2 Å². The van der Waals surface area contributed by atoms with Crippen molar-refractivity contribution >= 4 is 17.4 Å². The number of hydrogen-bond acceptors (Lipinski definition) is 3. The van der Waals surface area contributed by atoms with Gasteiger partial charge in [-0.1, -0.05) is 17.7 Å². The van der Waals surface area contributed by atoms with Crippen molar-refractivity contribution < 1.29 is 9.53 Å². The van der Waals surface area contributed by atoms with Crippen LogP contribution in [0.1, 0.15) is 27.3 Å². The van der Waals surface area contributed by atoms with E-state index in [9.17, 15) is 4.79 Å². The van der Waals surface area contributed by atoms with Crippen LogP contribution in [0.3, 0.4) is 0 Å². The van der Waals surface area contributed by atoms with Crippen LogP contribution in [0.25, 0.3) is 0 Å². The summed E-state index contributed by atoms with van der Waals surface area (Å²) < 4.78 is 7.42. The first-order chi connectivity index (χ1) is 9.95. The molecule has 0 bridgehead atoms. The van der Waals surface area contributed by atoms with E-state index >= 15 is 0 Å². The van der Waals surface area contributed by atoms with E-state index in [0.717, 1.165) is 11.4 Å². The van der Waals surface area contributed by atoms with Crippen molar-refractivity contribution in [3.63, 3.8) is 0 Å². The summed E-state index contributed by atoms with van der Waals surface area (Å²) in [4.78, 5) is 12.2. The molecule has 0 aliphatic rings. The average molecular weight is 303 g/mol. The Morgan fingerprint density at radius 2 is 2.14 bits per heavy atom. The first-order valence-corrected chi connectivity index (χ1v) is 6.81. The van der Waals surface area contributed by atoms with Crippen molar-refractivity contribution in [2.45, 2.75) is 13.8 Å². The second-order valence-electron chi connectivity index (χ2n) is 4.78. The zero-order valence-corrected chi connectivity index (χ0v) is 12.9. The molecule has 0 amide bonds. The monoisotopic (exact) mass is 302 g/mol. The van der Waals surface area contributed by atoms with Gasteiger partial charge in [0.1, 0.15) is 17.4 Å². The van der Waals surface area contributed by atoms with Gasteiger partial charge in [-0.15, -0.1) is 0 Å². The van der Waals surface area contributed by atoms with Gasteiger partial charge in [-0.05, 0) is 32.0 Å². The molecule has 0 aliphatic carbocycles. The molecule has 0 radical (unpaired) electrons. The van der Waals surface area contributed by atoms with Crippen molar-refractivity contribution in [3.8, 4) is 11.8 Å². The van der Waals surface area contributed by atoms with Crippen LogP contribution in [0.4, 0.5) is 0 Å². The Bertz CT molecular complexity index is 741. The minimum Gasteiger partial charge on any atom is -0.484 e. The van der Waals surface area contributed by atoms with Crippen LogP contribution in [0.5, 0.6) is 5.75 Å². The van der Waals surface area contributed by atoms with Gasteiger partial charge in [0, 0.05) is 24.0 Å². The standard InChI is InChI=1S/C16H15ClN2O2/c1-10-7-12(11(2)19(10)3)15(20)9-21-16-6-4-5-14(17)13(16)8-18/h4-7H,9H2,1-3H3. The summed E-state index contributed by atoms with van der Waals surface area (Å²) in [5, 5.41) is 9.38. The Balaban J connectivity index is 2.17. The first kappa shape index (κ1) is 15.1. The molecule has 2 rings (SSSR count). The third-order valence-corrected chi connectivity index (χ3v) is 3.84. The number of halogens is 1. The first-order valence-electron chi connectivity index (χ1n) is 6.43. The second kappa shape index (κ2) is 6.02. The minimum atomic E-state index is -0.126. The van der Waals surface area contributed by atoms with Crippen LogP contribution in [-0.4, -0.2) is 17.0 Å². The highest BCUT2D eigenvalue weighted by Gasteiger charge is 2.16. The molecule has 0 fully saturated rings. The topological polar surface area (TPSA) is 55.0 Å². The van der Waals surface area contributed by atoms with Crippen molar-refractivity contribution in [1.29, 1.82) is 5.26 Å². The lowest BCUT2D eigenvalue weighted by Crippen LogP contribution is -2.13. The van der Waals surface area contributed by atoms with Crippen LogP contribution in [0, 0.1) is 25.2 Å². The lowest BCUT2D eigenvalue weighted by Gasteiger charge is -2.08. The fourth-order valence-corrected chi connectivity index (χ4v) is 2.30. The number of carbonyl (C=O) groups excluding carboxylic acids is 1. The van der Waals surface area contributed by atoms with Gasteiger partial charge < -0.3 is 9.30 Å². The maximum absolute atomic E-state index is 12.2. The molecule has 108 valence electrons. The normalized spacial score (nSPS) is 10.2. The van der Waals surface area contributed by atoms with E-state index in [1.165, 1.54) is 0 Å². The molecule has 0 atom stereocenters. The van der Waals surface area contributed by atoms with E-state index in [-0.39, 0.29) is 18.0 Å². The highest BCUT2D eigenvalue weighted by Crippen LogP contribution is 2.25. The van der Waals surface area contributed by atoms with Gasteiger partial charge in [-0.25, -0.2) is 0 Å². The molecule has 4 nitrogen and oxygen atoms in total. The minimum absolute atomic E-state index is 0.125. The zero-order chi connectivity index (χ0) is 15.6. The van der Waals surface area contributed by atoms with Gasteiger partial charge in [0.25, 0.3) is 0 Å². The number of ketones is 1. The molecule has 0 spiro atoms. The van der Waals surface area contributed by atoms with E-state index in [0.29, 0.717) is 16.3 Å². The lowest BCUT2D eigenvalue weighted by molar-refractivity contribution is 0.0920. The number of carbonyl (C=O) groups is 1. The van der Waals surface area contributed by atoms with Crippen LogP contribution >= 0.6 is 11.6 Å². The Morgan fingerprint density at radius 1 is 1.43 bits per heavy atom. The van der Waals surface area contributed by atoms with E-state index in [4.69, 9.17) is 21.6 Å². The summed E-state index contributed by atoms with van der Waals surface area (Å²) in [6, 6.07) is 8.73. The summed E-state index contributed by atoms with van der Waals surface area (Å²) in [7, 11) is 1.91. The molecular weight excluding hydrogens is 288 g/mol. The number of Topliss-reactive ketones (excluding diaryl/α,β-unsaturated/α-hetero) is 1. The van der Waals surface area contributed by atoms with Crippen molar-refractivity contribution in [3.05, 3.63) is 51.8 Å². The summed E-state index contributed by atoms with van der Waals surface area (Å²) in [6.45, 7) is 3.70. The van der Waals surface area contributed by atoms with E-state index in [2.05, 4.69) is 0 Å². The zero-order valence-electron chi connectivity index (χ0n) is 12.1. The van der Waals surface area contributed by atoms with Gasteiger partial charge in [0.05, 0.1) is 5.02 Å². The maximum atomic E-state index is 12.2. The number of nitrogens with zero attached hydrogens (tertiary/aromatic N) is 2.